The van der Waals surface area contributed by atoms with Gasteiger partial charge in [-0.15, -0.1) is 0 Å². The Morgan fingerprint density at radius 3 is 2.30 bits per heavy atom. The molecule has 0 radical (unpaired) electrons. The van der Waals surface area contributed by atoms with Crippen molar-refractivity contribution in [3.63, 3.8) is 0 Å². The molecule has 1 aliphatic heterocycles. The van der Waals surface area contributed by atoms with Crippen LogP contribution in [0.5, 0.6) is 0 Å². The number of hydrogen-bond acceptors (Lipinski definition) is 4. The number of rotatable bonds is 6. The average Bonchev–Trinajstić information content (AvgIpc) is 3.09. The Bertz CT molecular complexity index is 1300. The first-order valence-corrected chi connectivity index (χ1v) is 10.00. The van der Waals surface area contributed by atoms with Crippen molar-refractivity contribution in [2.45, 2.75) is 6.04 Å². The summed E-state index contributed by atoms with van der Waals surface area (Å²) in [5.41, 5.74) is 1.06. The van der Waals surface area contributed by atoms with Crippen LogP contribution >= 0.6 is 0 Å². The van der Waals surface area contributed by atoms with Gasteiger partial charge < -0.3 is 10.2 Å². The summed E-state index contributed by atoms with van der Waals surface area (Å²) >= 11 is 0. The predicted molar refractivity (Wildman–Crippen MR) is 120 cm³/mol. The van der Waals surface area contributed by atoms with E-state index < -0.39 is 35.3 Å². The third kappa shape index (κ3) is 4.29. The molecule has 1 amide bonds. The lowest BCUT2D eigenvalue weighted by molar-refractivity contribution is -0.117. The number of carboxylic acid groups (broad SMARTS) is 1. The normalized spacial score (nSPS) is 16.0. The van der Waals surface area contributed by atoms with Gasteiger partial charge in [0, 0.05) is 5.69 Å². The molecule has 0 aliphatic carbocycles. The molecule has 1 atom stereocenters. The summed E-state index contributed by atoms with van der Waals surface area (Å²) in [6.07, 6.45) is 2.81. The first-order chi connectivity index (χ1) is 15.9. The number of carboxylic acids is 1. The molecule has 33 heavy (non-hydrogen) atoms. The van der Waals surface area contributed by atoms with E-state index in [9.17, 15) is 29.0 Å². The van der Waals surface area contributed by atoms with Gasteiger partial charge in [-0.3, -0.25) is 14.5 Å². The van der Waals surface area contributed by atoms with Crippen LogP contribution < -0.4 is 4.90 Å². The van der Waals surface area contributed by atoms with Gasteiger partial charge in [0.2, 0.25) is 0 Å². The molecule has 6 nitrogen and oxygen atoms in total. The maximum atomic E-state index is 13.6. The van der Waals surface area contributed by atoms with Crippen molar-refractivity contribution in [2.24, 2.45) is 0 Å². The molecule has 0 saturated heterocycles. The topological polar surface area (TPSA) is 94.9 Å². The number of carbonyl (C=O) groups is 3. The largest absolute Gasteiger partial charge is 0.503 e. The molecule has 3 aromatic rings. The zero-order valence-electron chi connectivity index (χ0n) is 17.2. The van der Waals surface area contributed by atoms with E-state index >= 15 is 0 Å². The third-order valence-electron chi connectivity index (χ3n) is 5.26. The first kappa shape index (κ1) is 21.7. The van der Waals surface area contributed by atoms with Crippen molar-refractivity contribution in [1.29, 1.82) is 0 Å². The number of hydrogen-bond donors (Lipinski definition) is 2. The molecular formula is C26H18FNO5. The maximum Gasteiger partial charge on any atom is 0.335 e. The van der Waals surface area contributed by atoms with Crippen molar-refractivity contribution in [3.8, 4) is 0 Å². The van der Waals surface area contributed by atoms with Crippen LogP contribution in [0.1, 0.15) is 27.5 Å². The summed E-state index contributed by atoms with van der Waals surface area (Å²) in [6, 6.07) is 18.7. The number of carbonyl (C=O) groups excluding carboxylic acids is 2. The number of aromatic carboxylic acids is 1. The van der Waals surface area contributed by atoms with Crippen LogP contribution in [0.25, 0.3) is 6.08 Å². The highest BCUT2D eigenvalue weighted by atomic mass is 19.1. The molecule has 2 N–H and O–H groups in total. The van der Waals surface area contributed by atoms with Crippen LogP contribution in [0.2, 0.25) is 0 Å². The predicted octanol–water partition coefficient (Wildman–Crippen LogP) is 4.71. The second-order valence-corrected chi connectivity index (χ2v) is 7.36. The summed E-state index contributed by atoms with van der Waals surface area (Å²) < 4.78 is 13.6. The monoisotopic (exact) mass is 443 g/mol. The minimum Gasteiger partial charge on any atom is -0.503 e. The fourth-order valence-corrected chi connectivity index (χ4v) is 3.70. The highest BCUT2D eigenvalue weighted by Gasteiger charge is 2.43. The van der Waals surface area contributed by atoms with Gasteiger partial charge in [-0.25, -0.2) is 9.18 Å². The fourth-order valence-electron chi connectivity index (χ4n) is 3.70. The van der Waals surface area contributed by atoms with Crippen molar-refractivity contribution >= 4 is 29.4 Å². The molecule has 1 heterocycles. The average molecular weight is 443 g/mol. The SMILES string of the molecule is O=C(/C=C/c1ccccc1)C1=C(O)C(=O)N(c2cccc(C(=O)O)c2)C1c1ccc(F)cc1. The molecule has 0 bridgehead atoms. The summed E-state index contributed by atoms with van der Waals surface area (Å²) in [4.78, 5) is 38.7. The second-order valence-electron chi connectivity index (χ2n) is 7.36. The Morgan fingerprint density at radius 2 is 1.64 bits per heavy atom. The number of benzene rings is 3. The summed E-state index contributed by atoms with van der Waals surface area (Å²) in [5.74, 6) is -3.90. The van der Waals surface area contributed by atoms with E-state index in [-0.39, 0.29) is 16.8 Å². The molecule has 0 spiro atoms. The Hall–Kier alpha value is -4.52. The first-order valence-electron chi connectivity index (χ1n) is 10.00. The van der Waals surface area contributed by atoms with Gasteiger partial charge in [0.1, 0.15) is 5.82 Å². The quantitative estimate of drug-likeness (QED) is 0.538. The number of amides is 1. The number of anilines is 1. The van der Waals surface area contributed by atoms with Crippen molar-refractivity contribution < 1.29 is 29.0 Å². The second kappa shape index (κ2) is 8.92. The van der Waals surface area contributed by atoms with E-state index in [0.717, 1.165) is 10.5 Å². The van der Waals surface area contributed by atoms with Crippen molar-refractivity contribution in [3.05, 3.63) is 119 Å². The lowest BCUT2D eigenvalue weighted by Gasteiger charge is -2.27. The molecule has 1 unspecified atom stereocenters. The van der Waals surface area contributed by atoms with Gasteiger partial charge >= 0.3 is 5.97 Å². The molecule has 164 valence electrons. The molecular weight excluding hydrogens is 425 g/mol. The number of nitrogens with zero attached hydrogens (tertiary/aromatic N) is 1. The van der Waals surface area contributed by atoms with Crippen LogP contribution in [-0.4, -0.2) is 27.9 Å². The van der Waals surface area contributed by atoms with Gasteiger partial charge in [0.25, 0.3) is 5.91 Å². The zero-order valence-corrected chi connectivity index (χ0v) is 17.2. The Balaban J connectivity index is 1.81. The van der Waals surface area contributed by atoms with E-state index in [1.165, 1.54) is 54.6 Å². The summed E-state index contributed by atoms with van der Waals surface area (Å²) in [6.45, 7) is 0. The number of allylic oxidation sites excluding steroid dienone is 1. The smallest absolute Gasteiger partial charge is 0.335 e. The molecule has 0 aromatic heterocycles. The molecule has 1 aliphatic rings. The van der Waals surface area contributed by atoms with Gasteiger partial charge in [-0.1, -0.05) is 54.6 Å². The number of halogens is 1. The van der Waals surface area contributed by atoms with E-state index in [1.54, 1.807) is 30.3 Å². The van der Waals surface area contributed by atoms with Gasteiger partial charge in [0.05, 0.1) is 17.2 Å². The standard InChI is InChI=1S/C26H18FNO5/c27-19-12-10-17(11-13-19)23-22(21(29)14-9-16-5-2-1-3-6-16)24(30)25(31)28(23)20-8-4-7-18(15-20)26(32)33/h1-15,23,30H,(H,32,33)/b14-9+. The van der Waals surface area contributed by atoms with Crippen LogP contribution in [0.15, 0.2) is 96.3 Å². The zero-order chi connectivity index (χ0) is 23.5. The Morgan fingerprint density at radius 1 is 0.939 bits per heavy atom. The molecule has 3 aromatic carbocycles. The highest BCUT2D eigenvalue weighted by molar-refractivity contribution is 6.20. The highest BCUT2D eigenvalue weighted by Crippen LogP contribution is 2.41. The van der Waals surface area contributed by atoms with E-state index in [1.807, 2.05) is 6.07 Å². The molecule has 7 heteroatoms. The molecule has 0 saturated carbocycles. The number of aliphatic hydroxyl groups excluding tert-OH is 1. The van der Waals surface area contributed by atoms with Crippen LogP contribution in [0, 0.1) is 5.82 Å². The molecule has 4 rings (SSSR count). The fraction of sp³-hybridized carbons (Fsp3) is 0.0385. The van der Waals surface area contributed by atoms with Crippen molar-refractivity contribution in [2.75, 3.05) is 4.90 Å². The lowest BCUT2D eigenvalue weighted by atomic mass is 9.95. The minimum atomic E-state index is -1.19. The number of ketones is 1. The van der Waals surface area contributed by atoms with Crippen molar-refractivity contribution in [1.82, 2.24) is 0 Å². The van der Waals surface area contributed by atoms with Gasteiger partial charge in [-0.05, 0) is 47.5 Å². The maximum absolute atomic E-state index is 13.6. The molecule has 0 fully saturated rings. The van der Waals surface area contributed by atoms with Gasteiger partial charge in [0.15, 0.2) is 11.5 Å². The minimum absolute atomic E-state index is 0.0682. The van der Waals surface area contributed by atoms with E-state index in [4.69, 9.17) is 0 Å². The third-order valence-corrected chi connectivity index (χ3v) is 5.26. The van der Waals surface area contributed by atoms with Crippen LogP contribution in [-0.2, 0) is 9.59 Å². The van der Waals surface area contributed by atoms with Crippen LogP contribution in [0.4, 0.5) is 10.1 Å². The van der Waals surface area contributed by atoms with Crippen LogP contribution in [0.3, 0.4) is 0 Å². The lowest BCUT2D eigenvalue weighted by Crippen LogP contribution is -2.31. The summed E-state index contributed by atoms with van der Waals surface area (Å²) in [5, 5.41) is 20.0. The summed E-state index contributed by atoms with van der Waals surface area (Å²) in [7, 11) is 0. The Labute approximate surface area is 188 Å². The number of aliphatic hydroxyl groups is 1. The Kier molecular flexibility index (Phi) is 5.87. The van der Waals surface area contributed by atoms with E-state index in [0.29, 0.717) is 5.56 Å². The van der Waals surface area contributed by atoms with E-state index in [2.05, 4.69) is 0 Å². The van der Waals surface area contributed by atoms with Gasteiger partial charge in [-0.2, -0.15) is 0 Å².